The van der Waals surface area contributed by atoms with Crippen LogP contribution in [0.1, 0.15) is 17.0 Å². The summed E-state index contributed by atoms with van der Waals surface area (Å²) in [5, 5.41) is 6.81. The number of nitrogens with two attached hydrogens (primary N) is 1. The molecule has 1 aromatic carbocycles. The maximum absolute atomic E-state index is 12.4. The van der Waals surface area contributed by atoms with Crippen LogP contribution in [0.4, 0.5) is 5.69 Å². The van der Waals surface area contributed by atoms with Crippen molar-refractivity contribution in [1.29, 1.82) is 0 Å². The first-order valence-electron chi connectivity index (χ1n) is 5.88. The zero-order valence-corrected chi connectivity index (χ0v) is 12.6. The van der Waals surface area contributed by atoms with Gasteiger partial charge in [-0.05, 0) is 31.5 Å². The summed E-state index contributed by atoms with van der Waals surface area (Å²) in [4.78, 5) is 0.00196. The van der Waals surface area contributed by atoms with Crippen LogP contribution in [-0.2, 0) is 16.6 Å². The van der Waals surface area contributed by atoms with Crippen LogP contribution in [0.25, 0.3) is 0 Å². The number of H-pyrrole nitrogens is 1. The van der Waals surface area contributed by atoms with Crippen molar-refractivity contribution in [2.45, 2.75) is 25.3 Å². The van der Waals surface area contributed by atoms with Crippen molar-refractivity contribution in [3.8, 4) is 0 Å². The number of benzene rings is 1. The van der Waals surface area contributed by atoms with Crippen molar-refractivity contribution in [3.63, 3.8) is 0 Å². The number of hydrogen-bond donors (Lipinski definition) is 3. The largest absolute Gasteiger partial charge is 0.326 e. The van der Waals surface area contributed by atoms with Gasteiger partial charge < -0.3 is 5.73 Å². The Balaban J connectivity index is 2.46. The second kappa shape index (κ2) is 5.43. The van der Waals surface area contributed by atoms with E-state index in [-0.39, 0.29) is 16.5 Å². The Morgan fingerprint density at radius 1 is 1.40 bits per heavy atom. The molecule has 0 radical (unpaired) electrons. The molecule has 0 bridgehead atoms. The van der Waals surface area contributed by atoms with E-state index in [2.05, 4.69) is 14.9 Å². The van der Waals surface area contributed by atoms with Crippen LogP contribution in [0, 0.1) is 13.8 Å². The summed E-state index contributed by atoms with van der Waals surface area (Å²) in [5.74, 6) is 0. The van der Waals surface area contributed by atoms with Crippen LogP contribution >= 0.6 is 11.6 Å². The number of nitrogens with zero attached hydrogens (tertiary/aromatic N) is 1. The molecular weight excluding hydrogens is 300 g/mol. The average molecular weight is 315 g/mol. The number of anilines is 1. The standard InChI is InChI=1S/C12H15ClN4O2S/c1-7-12(8(2)16-15-7)17-20(18,19)11-5-9(6-14)3-4-10(11)13/h3-5,17H,6,14H2,1-2H3,(H,15,16). The lowest BCUT2D eigenvalue weighted by Gasteiger charge is -2.10. The molecule has 0 saturated heterocycles. The quantitative estimate of drug-likeness (QED) is 0.802. The van der Waals surface area contributed by atoms with Crippen LogP contribution < -0.4 is 10.5 Å². The molecule has 4 N–H and O–H groups in total. The first-order valence-corrected chi connectivity index (χ1v) is 7.74. The Bertz CT molecular complexity index is 720. The van der Waals surface area contributed by atoms with Crippen LogP contribution in [0.3, 0.4) is 0 Å². The van der Waals surface area contributed by atoms with E-state index in [1.807, 2.05) is 0 Å². The highest BCUT2D eigenvalue weighted by Crippen LogP contribution is 2.26. The molecule has 0 unspecified atom stereocenters. The van der Waals surface area contributed by atoms with E-state index in [0.717, 1.165) is 0 Å². The molecule has 0 amide bonds. The van der Waals surface area contributed by atoms with Gasteiger partial charge in [0.05, 0.1) is 22.1 Å². The maximum Gasteiger partial charge on any atom is 0.263 e. The zero-order valence-electron chi connectivity index (χ0n) is 11.1. The fraction of sp³-hybridized carbons (Fsp3) is 0.250. The summed E-state index contributed by atoms with van der Waals surface area (Å²) < 4.78 is 27.3. The number of aromatic amines is 1. The van der Waals surface area contributed by atoms with Gasteiger partial charge >= 0.3 is 0 Å². The first-order chi connectivity index (χ1) is 9.35. The molecule has 108 valence electrons. The molecule has 2 rings (SSSR count). The Hall–Kier alpha value is -1.57. The first kappa shape index (κ1) is 14.8. The topological polar surface area (TPSA) is 101 Å². The highest BCUT2D eigenvalue weighted by Gasteiger charge is 2.21. The number of halogens is 1. The number of rotatable bonds is 4. The van der Waals surface area contributed by atoms with Gasteiger partial charge in [-0.3, -0.25) is 9.82 Å². The Labute approximate surface area is 122 Å². The lowest BCUT2D eigenvalue weighted by atomic mass is 10.2. The summed E-state index contributed by atoms with van der Waals surface area (Å²) in [6.07, 6.45) is 0. The lowest BCUT2D eigenvalue weighted by Crippen LogP contribution is -2.15. The summed E-state index contributed by atoms with van der Waals surface area (Å²) in [5.41, 5.74) is 7.85. The van der Waals surface area contributed by atoms with Crippen molar-refractivity contribution in [3.05, 3.63) is 40.2 Å². The normalized spacial score (nSPS) is 11.6. The Morgan fingerprint density at radius 2 is 2.10 bits per heavy atom. The molecule has 0 spiro atoms. The number of aryl methyl sites for hydroxylation is 2. The molecule has 0 saturated carbocycles. The van der Waals surface area contributed by atoms with Crippen LogP contribution in [0.5, 0.6) is 0 Å². The molecule has 8 heteroatoms. The number of sulfonamides is 1. The van der Waals surface area contributed by atoms with Gasteiger partial charge in [-0.15, -0.1) is 0 Å². The molecule has 20 heavy (non-hydrogen) atoms. The van der Waals surface area contributed by atoms with E-state index in [0.29, 0.717) is 22.6 Å². The molecular formula is C12H15ClN4O2S. The van der Waals surface area contributed by atoms with E-state index in [1.54, 1.807) is 19.9 Å². The van der Waals surface area contributed by atoms with Crippen molar-refractivity contribution in [2.24, 2.45) is 5.73 Å². The molecule has 1 aromatic heterocycles. The fourth-order valence-electron chi connectivity index (χ4n) is 1.77. The predicted molar refractivity (Wildman–Crippen MR) is 78.2 cm³/mol. The van der Waals surface area contributed by atoms with E-state index in [9.17, 15) is 8.42 Å². The number of hydrogen-bond acceptors (Lipinski definition) is 4. The molecule has 0 aliphatic carbocycles. The molecule has 0 atom stereocenters. The summed E-state index contributed by atoms with van der Waals surface area (Å²) in [7, 11) is -3.79. The number of aromatic nitrogens is 2. The van der Waals surface area contributed by atoms with Gasteiger partial charge in [-0.25, -0.2) is 8.42 Å². The van der Waals surface area contributed by atoms with Gasteiger partial charge in [0.15, 0.2) is 0 Å². The van der Waals surface area contributed by atoms with Gasteiger partial charge in [0, 0.05) is 6.54 Å². The van der Waals surface area contributed by atoms with E-state index >= 15 is 0 Å². The highest BCUT2D eigenvalue weighted by molar-refractivity contribution is 7.92. The van der Waals surface area contributed by atoms with E-state index < -0.39 is 10.0 Å². The Kier molecular flexibility index (Phi) is 4.03. The third-order valence-electron chi connectivity index (χ3n) is 2.89. The minimum atomic E-state index is -3.79. The second-order valence-electron chi connectivity index (χ2n) is 4.38. The molecule has 0 aliphatic heterocycles. The van der Waals surface area contributed by atoms with Gasteiger partial charge in [-0.1, -0.05) is 17.7 Å². The monoisotopic (exact) mass is 314 g/mol. The third kappa shape index (κ3) is 2.79. The van der Waals surface area contributed by atoms with Crippen molar-refractivity contribution < 1.29 is 8.42 Å². The number of nitrogens with one attached hydrogen (secondary N) is 2. The molecule has 0 fully saturated rings. The Morgan fingerprint density at radius 3 is 2.65 bits per heavy atom. The van der Waals surface area contributed by atoms with E-state index in [1.165, 1.54) is 12.1 Å². The van der Waals surface area contributed by atoms with Gasteiger partial charge in [0.2, 0.25) is 0 Å². The van der Waals surface area contributed by atoms with Crippen molar-refractivity contribution >= 4 is 27.3 Å². The van der Waals surface area contributed by atoms with Gasteiger partial charge in [0.1, 0.15) is 4.90 Å². The summed E-state index contributed by atoms with van der Waals surface area (Å²) in [6.45, 7) is 3.68. The van der Waals surface area contributed by atoms with Crippen molar-refractivity contribution in [1.82, 2.24) is 10.2 Å². The predicted octanol–water partition coefficient (Wildman–Crippen LogP) is 1.94. The lowest BCUT2D eigenvalue weighted by molar-refractivity contribution is 0.601. The average Bonchev–Trinajstić information content (AvgIpc) is 2.70. The highest BCUT2D eigenvalue weighted by atomic mass is 35.5. The SMILES string of the molecule is Cc1n[nH]c(C)c1NS(=O)(=O)c1cc(CN)ccc1Cl. The van der Waals surface area contributed by atoms with Crippen LogP contribution in [0.15, 0.2) is 23.1 Å². The molecule has 2 aromatic rings. The second-order valence-corrected chi connectivity index (χ2v) is 6.44. The smallest absolute Gasteiger partial charge is 0.263 e. The van der Waals surface area contributed by atoms with Gasteiger partial charge in [-0.2, -0.15) is 5.10 Å². The minimum Gasteiger partial charge on any atom is -0.326 e. The molecule has 0 aliphatic rings. The van der Waals surface area contributed by atoms with Gasteiger partial charge in [0.25, 0.3) is 10.0 Å². The van der Waals surface area contributed by atoms with Crippen LogP contribution in [-0.4, -0.2) is 18.6 Å². The maximum atomic E-state index is 12.4. The summed E-state index contributed by atoms with van der Waals surface area (Å²) in [6, 6.07) is 4.68. The molecule has 1 heterocycles. The third-order valence-corrected chi connectivity index (χ3v) is 4.72. The van der Waals surface area contributed by atoms with Crippen molar-refractivity contribution in [2.75, 3.05) is 4.72 Å². The van der Waals surface area contributed by atoms with Crippen LogP contribution in [0.2, 0.25) is 5.02 Å². The fourth-order valence-corrected chi connectivity index (χ4v) is 3.50. The molecule has 6 nitrogen and oxygen atoms in total. The minimum absolute atomic E-state index is 0.00196. The van der Waals surface area contributed by atoms with E-state index in [4.69, 9.17) is 17.3 Å². The zero-order chi connectivity index (χ0) is 14.9. The summed E-state index contributed by atoms with van der Waals surface area (Å²) >= 11 is 5.97.